The van der Waals surface area contributed by atoms with Crippen molar-refractivity contribution in [2.45, 2.75) is 45.6 Å². The fourth-order valence-electron chi connectivity index (χ4n) is 2.40. The van der Waals surface area contributed by atoms with E-state index in [2.05, 4.69) is 26.1 Å². The first-order valence-electron chi connectivity index (χ1n) is 6.00. The molecule has 0 aromatic carbocycles. The first-order valence-corrected chi connectivity index (χ1v) is 6.99. The maximum atomic E-state index is 4.70. The fourth-order valence-corrected chi connectivity index (χ4v) is 3.48. The Morgan fingerprint density at radius 3 is 2.80 bits per heavy atom. The summed E-state index contributed by atoms with van der Waals surface area (Å²) in [6, 6.07) is 0. The number of hydrogen-bond acceptors (Lipinski definition) is 2. The van der Waals surface area contributed by atoms with Gasteiger partial charge in [0.1, 0.15) is 0 Å². The largest absolute Gasteiger partial charge is 0.359 e. The summed E-state index contributed by atoms with van der Waals surface area (Å²) in [6.45, 7) is 7.87. The molecular formula is C12H22N2S. The van der Waals surface area contributed by atoms with Crippen LogP contribution in [-0.4, -0.2) is 23.0 Å². The lowest BCUT2D eigenvalue weighted by Crippen LogP contribution is -2.37. The highest BCUT2D eigenvalue weighted by molar-refractivity contribution is 8.14. The van der Waals surface area contributed by atoms with Gasteiger partial charge in [-0.25, -0.2) is 0 Å². The van der Waals surface area contributed by atoms with E-state index in [4.69, 9.17) is 4.99 Å². The predicted octanol–water partition coefficient (Wildman–Crippen LogP) is 2.89. The van der Waals surface area contributed by atoms with Crippen LogP contribution in [0.4, 0.5) is 0 Å². The highest BCUT2D eigenvalue weighted by atomic mass is 32.2. The van der Waals surface area contributed by atoms with E-state index in [1.165, 1.54) is 24.4 Å². The van der Waals surface area contributed by atoms with Crippen molar-refractivity contribution < 1.29 is 0 Å². The lowest BCUT2D eigenvalue weighted by molar-refractivity contribution is 0.517. The van der Waals surface area contributed by atoms with Crippen LogP contribution in [0.3, 0.4) is 0 Å². The zero-order valence-corrected chi connectivity index (χ0v) is 10.9. The molecule has 2 atom stereocenters. The van der Waals surface area contributed by atoms with Crippen molar-refractivity contribution in [3.05, 3.63) is 0 Å². The summed E-state index contributed by atoms with van der Waals surface area (Å²) in [7, 11) is 0. The Labute approximate surface area is 97.3 Å². The fraction of sp³-hybridized carbons (Fsp3) is 0.917. The summed E-state index contributed by atoms with van der Waals surface area (Å²) in [4.78, 5) is 4.70. The molecule has 15 heavy (non-hydrogen) atoms. The van der Waals surface area contributed by atoms with Crippen LogP contribution in [0.5, 0.6) is 0 Å². The maximum Gasteiger partial charge on any atom is 0.157 e. The van der Waals surface area contributed by atoms with Gasteiger partial charge in [0.2, 0.25) is 0 Å². The Bertz CT molecular complexity index is 260. The minimum atomic E-state index is 0.243. The minimum absolute atomic E-state index is 0.243. The van der Waals surface area contributed by atoms with Crippen LogP contribution in [0.1, 0.15) is 40.0 Å². The molecule has 1 saturated carbocycles. The monoisotopic (exact) mass is 226 g/mol. The summed E-state index contributed by atoms with van der Waals surface area (Å²) in [5, 5.41) is 4.64. The summed E-state index contributed by atoms with van der Waals surface area (Å²) in [5.74, 6) is 2.92. The lowest BCUT2D eigenvalue weighted by Gasteiger charge is -2.16. The Kier molecular flexibility index (Phi) is 3.29. The molecule has 86 valence electrons. The van der Waals surface area contributed by atoms with E-state index < -0.39 is 0 Å². The number of hydrogen-bond donors (Lipinski definition) is 1. The quantitative estimate of drug-likeness (QED) is 0.783. The molecule has 0 radical (unpaired) electrons. The highest BCUT2D eigenvalue weighted by Gasteiger charge is 2.28. The number of thioether (sulfide) groups is 1. The van der Waals surface area contributed by atoms with E-state index >= 15 is 0 Å². The molecule has 2 nitrogen and oxygen atoms in total. The molecule has 2 rings (SSSR count). The third kappa shape index (κ3) is 3.13. The van der Waals surface area contributed by atoms with E-state index in [0.717, 1.165) is 24.1 Å². The van der Waals surface area contributed by atoms with Crippen LogP contribution in [-0.2, 0) is 0 Å². The molecule has 0 aromatic heterocycles. The average Bonchev–Trinajstić information content (AvgIpc) is 2.69. The Balaban J connectivity index is 1.80. The SMILES string of the molecule is CC1CCC(CN=C2NC(C)(C)CS2)C1. The van der Waals surface area contributed by atoms with Gasteiger partial charge in [-0.05, 0) is 38.5 Å². The van der Waals surface area contributed by atoms with Crippen molar-refractivity contribution in [1.82, 2.24) is 5.32 Å². The minimum Gasteiger partial charge on any atom is -0.359 e. The van der Waals surface area contributed by atoms with Gasteiger partial charge in [0, 0.05) is 17.8 Å². The Morgan fingerprint density at radius 1 is 1.47 bits per heavy atom. The summed E-state index contributed by atoms with van der Waals surface area (Å²) in [5.41, 5.74) is 0.243. The second kappa shape index (κ2) is 4.36. The smallest absolute Gasteiger partial charge is 0.157 e. The molecule has 1 aliphatic heterocycles. The number of rotatable bonds is 2. The molecule has 2 unspecified atom stereocenters. The molecule has 1 aliphatic carbocycles. The second-order valence-corrected chi connectivity index (χ2v) is 6.69. The molecule has 1 heterocycles. The zero-order valence-electron chi connectivity index (χ0n) is 10.0. The number of nitrogens with one attached hydrogen (secondary N) is 1. The van der Waals surface area contributed by atoms with Crippen LogP contribution in [0.2, 0.25) is 0 Å². The Morgan fingerprint density at radius 2 is 2.27 bits per heavy atom. The Hall–Kier alpha value is -0.180. The molecule has 1 N–H and O–H groups in total. The van der Waals surface area contributed by atoms with Crippen LogP contribution in [0, 0.1) is 11.8 Å². The highest BCUT2D eigenvalue weighted by Crippen LogP contribution is 2.31. The third-order valence-corrected chi connectivity index (χ3v) is 4.68. The van der Waals surface area contributed by atoms with E-state index in [1.54, 1.807) is 0 Å². The van der Waals surface area contributed by atoms with Crippen molar-refractivity contribution in [3.8, 4) is 0 Å². The number of aliphatic imine (C=N–C) groups is 1. The van der Waals surface area contributed by atoms with Crippen LogP contribution in [0.25, 0.3) is 0 Å². The van der Waals surface area contributed by atoms with Gasteiger partial charge < -0.3 is 5.32 Å². The summed E-state index contributed by atoms with van der Waals surface area (Å²) < 4.78 is 0. The van der Waals surface area contributed by atoms with E-state index in [9.17, 15) is 0 Å². The van der Waals surface area contributed by atoms with Crippen LogP contribution in [0.15, 0.2) is 4.99 Å². The van der Waals surface area contributed by atoms with Crippen LogP contribution >= 0.6 is 11.8 Å². The first-order chi connectivity index (χ1) is 7.05. The van der Waals surface area contributed by atoms with Gasteiger partial charge in [-0.3, -0.25) is 4.99 Å². The van der Waals surface area contributed by atoms with Crippen molar-refractivity contribution in [2.24, 2.45) is 16.8 Å². The molecule has 2 aliphatic rings. The summed E-state index contributed by atoms with van der Waals surface area (Å²) >= 11 is 1.87. The molecule has 0 aromatic rings. The van der Waals surface area contributed by atoms with Gasteiger partial charge >= 0.3 is 0 Å². The van der Waals surface area contributed by atoms with Crippen molar-refractivity contribution in [2.75, 3.05) is 12.3 Å². The van der Waals surface area contributed by atoms with Gasteiger partial charge in [0.15, 0.2) is 5.17 Å². The number of nitrogens with zero attached hydrogens (tertiary/aromatic N) is 1. The zero-order chi connectivity index (χ0) is 10.9. The van der Waals surface area contributed by atoms with E-state index in [0.29, 0.717) is 0 Å². The molecule has 0 bridgehead atoms. The number of amidine groups is 1. The topological polar surface area (TPSA) is 24.4 Å². The molecule has 0 amide bonds. The van der Waals surface area contributed by atoms with Gasteiger partial charge in [0.05, 0.1) is 0 Å². The van der Waals surface area contributed by atoms with Crippen molar-refractivity contribution in [3.63, 3.8) is 0 Å². The van der Waals surface area contributed by atoms with Gasteiger partial charge in [-0.2, -0.15) is 0 Å². The van der Waals surface area contributed by atoms with Crippen molar-refractivity contribution >= 4 is 16.9 Å². The molecule has 2 fully saturated rings. The average molecular weight is 226 g/mol. The van der Waals surface area contributed by atoms with Gasteiger partial charge in [0.25, 0.3) is 0 Å². The lowest BCUT2D eigenvalue weighted by atomic mass is 10.1. The molecule has 3 heteroatoms. The molecule has 0 spiro atoms. The third-order valence-electron chi connectivity index (χ3n) is 3.31. The van der Waals surface area contributed by atoms with E-state index in [-0.39, 0.29) is 5.54 Å². The summed E-state index contributed by atoms with van der Waals surface area (Å²) in [6.07, 6.45) is 4.17. The van der Waals surface area contributed by atoms with E-state index in [1.807, 2.05) is 11.8 Å². The second-order valence-electron chi connectivity index (χ2n) is 5.73. The molecular weight excluding hydrogens is 204 g/mol. The van der Waals surface area contributed by atoms with Gasteiger partial charge in [-0.15, -0.1) is 0 Å². The normalized spacial score (nSPS) is 37.1. The molecule has 1 saturated heterocycles. The predicted molar refractivity (Wildman–Crippen MR) is 68.5 cm³/mol. The first kappa shape index (κ1) is 11.3. The maximum absolute atomic E-state index is 4.70. The standard InChI is InChI=1S/C12H22N2S/c1-9-4-5-10(6-9)7-13-11-14-12(2,3)8-15-11/h9-10H,4-8H2,1-3H3,(H,13,14). The van der Waals surface area contributed by atoms with Crippen LogP contribution < -0.4 is 5.32 Å². The van der Waals surface area contributed by atoms with Crippen molar-refractivity contribution in [1.29, 1.82) is 0 Å². The van der Waals surface area contributed by atoms with Gasteiger partial charge in [-0.1, -0.05) is 25.1 Å².